The molecule has 0 heterocycles. The molecule has 1 unspecified atom stereocenters. The van der Waals surface area contributed by atoms with Crippen LogP contribution in [0.4, 0.5) is 0 Å². The zero-order chi connectivity index (χ0) is 14.4. The minimum Gasteiger partial charge on any atom is -0.351 e. The highest BCUT2D eigenvalue weighted by molar-refractivity contribution is 9.25. The topological polar surface area (TPSA) is 101 Å². The Labute approximate surface area is 123 Å². The van der Waals surface area contributed by atoms with Gasteiger partial charge in [-0.1, -0.05) is 20.8 Å². The third-order valence-corrected chi connectivity index (χ3v) is 5.37. The van der Waals surface area contributed by atoms with Gasteiger partial charge in [0.25, 0.3) is 0 Å². The summed E-state index contributed by atoms with van der Waals surface area (Å²) in [7, 11) is -4.28. The van der Waals surface area contributed by atoms with Crippen LogP contribution in [0.3, 0.4) is 0 Å². The lowest BCUT2D eigenvalue weighted by atomic mass is 9.98. The molecule has 10 heteroatoms. The minimum absolute atomic E-state index is 0.0498. The number of nitriles is 1. The second kappa shape index (κ2) is 7.20. The average molecular weight is 410 g/mol. The predicted molar refractivity (Wildman–Crippen MR) is 71.6 cm³/mol. The van der Waals surface area contributed by atoms with E-state index in [2.05, 4.69) is 41.0 Å². The normalized spacial score (nSPS) is 15.8. The Hall–Kier alpha value is 0.320. The number of hydrogen-bond donors (Lipinski definition) is 2. The Kier molecular flexibility index (Phi) is 7.32. The number of halogens is 2. The summed E-state index contributed by atoms with van der Waals surface area (Å²) in [5.74, 6) is 0. The molecular formula is C8H15Br2N2O5P. The molecule has 2 N–H and O–H groups in total. The maximum atomic E-state index is 11.1. The number of hydrogen-bond acceptors (Lipinski definition) is 6. The van der Waals surface area contributed by atoms with Crippen molar-refractivity contribution in [1.82, 2.24) is 5.48 Å². The standard InChI is InChI=1S/C8H15Br2N2O5P/c1-7(2,3)8(9,10)15-4-5-16-18(13,14)17-12-6-11/h12H,4-5H2,1-3H3,(H,13,14). The van der Waals surface area contributed by atoms with Crippen LogP contribution in [0.2, 0.25) is 0 Å². The van der Waals surface area contributed by atoms with Crippen molar-refractivity contribution in [2.45, 2.75) is 24.2 Å². The molecule has 0 aromatic rings. The molecule has 0 bridgehead atoms. The number of nitrogens with zero attached hydrogens (tertiary/aromatic N) is 1. The first kappa shape index (κ1) is 18.3. The van der Waals surface area contributed by atoms with Gasteiger partial charge in [0.05, 0.1) is 13.2 Å². The smallest absolute Gasteiger partial charge is 0.351 e. The van der Waals surface area contributed by atoms with Crippen molar-refractivity contribution in [3.8, 4) is 6.19 Å². The van der Waals surface area contributed by atoms with E-state index < -0.39 is 11.2 Å². The maximum Gasteiger partial charge on any atom is 0.494 e. The van der Waals surface area contributed by atoms with Crippen molar-refractivity contribution in [1.29, 1.82) is 5.26 Å². The molecule has 0 radical (unpaired) electrons. The maximum absolute atomic E-state index is 11.1. The summed E-state index contributed by atoms with van der Waals surface area (Å²) in [6.07, 6.45) is 1.33. The molecule has 0 rings (SSSR count). The van der Waals surface area contributed by atoms with Crippen LogP contribution in [0.15, 0.2) is 0 Å². The number of alkyl halides is 2. The van der Waals surface area contributed by atoms with Gasteiger partial charge in [-0.05, 0) is 31.9 Å². The molecule has 18 heavy (non-hydrogen) atoms. The summed E-state index contributed by atoms with van der Waals surface area (Å²) in [4.78, 5) is 9.05. The summed E-state index contributed by atoms with van der Waals surface area (Å²) in [5.41, 5.74) is 1.34. The molecule has 0 fully saturated rings. The number of nitrogens with one attached hydrogen (secondary N) is 1. The number of ether oxygens (including phenoxy) is 1. The van der Waals surface area contributed by atoms with Crippen molar-refractivity contribution in [2.24, 2.45) is 5.41 Å². The van der Waals surface area contributed by atoms with Gasteiger partial charge in [-0.3, -0.25) is 4.52 Å². The highest BCUT2D eigenvalue weighted by Crippen LogP contribution is 2.45. The summed E-state index contributed by atoms with van der Waals surface area (Å²) < 4.78 is 24.4. The van der Waals surface area contributed by atoms with Crippen molar-refractivity contribution >= 4 is 39.7 Å². The Morgan fingerprint density at radius 3 is 2.39 bits per heavy atom. The highest BCUT2D eigenvalue weighted by atomic mass is 79.9. The van der Waals surface area contributed by atoms with Crippen LogP contribution in [0.1, 0.15) is 20.8 Å². The predicted octanol–water partition coefficient (Wildman–Crippen LogP) is 2.61. The Morgan fingerprint density at radius 1 is 1.39 bits per heavy atom. The fraction of sp³-hybridized carbons (Fsp3) is 0.875. The third-order valence-electron chi connectivity index (χ3n) is 1.70. The molecule has 0 saturated heterocycles. The first-order valence-corrected chi connectivity index (χ1v) is 7.92. The number of phosphoric ester groups is 1. The van der Waals surface area contributed by atoms with E-state index >= 15 is 0 Å². The van der Waals surface area contributed by atoms with E-state index in [0.29, 0.717) is 0 Å². The molecule has 0 aliphatic heterocycles. The van der Waals surface area contributed by atoms with Gasteiger partial charge >= 0.3 is 7.82 Å². The second-order valence-corrected chi connectivity index (χ2v) is 8.90. The van der Waals surface area contributed by atoms with Crippen LogP contribution in [0.25, 0.3) is 0 Å². The summed E-state index contributed by atoms with van der Waals surface area (Å²) in [6, 6.07) is 0. The first-order chi connectivity index (χ1) is 8.02. The molecule has 7 nitrogen and oxygen atoms in total. The lowest BCUT2D eigenvalue weighted by Gasteiger charge is -2.34. The summed E-state index contributed by atoms with van der Waals surface area (Å²) in [6.45, 7) is 5.70. The van der Waals surface area contributed by atoms with Crippen molar-refractivity contribution in [3.05, 3.63) is 0 Å². The Morgan fingerprint density at radius 2 is 1.94 bits per heavy atom. The van der Waals surface area contributed by atoms with Crippen LogP contribution in [-0.2, 0) is 18.5 Å². The largest absolute Gasteiger partial charge is 0.494 e. The molecule has 0 aliphatic carbocycles. The van der Waals surface area contributed by atoms with Gasteiger partial charge in [-0.25, -0.2) is 4.57 Å². The first-order valence-electron chi connectivity index (χ1n) is 4.83. The highest BCUT2D eigenvalue weighted by Gasteiger charge is 2.38. The third kappa shape index (κ3) is 7.04. The number of rotatable bonds is 7. The molecule has 0 spiro atoms. The van der Waals surface area contributed by atoms with Crippen molar-refractivity contribution < 1.29 is 23.3 Å². The van der Waals surface area contributed by atoms with Crippen molar-refractivity contribution in [2.75, 3.05) is 13.2 Å². The zero-order valence-corrected chi connectivity index (χ0v) is 14.2. The second-order valence-electron chi connectivity index (χ2n) is 4.22. The Balaban J connectivity index is 4.01. The van der Waals surface area contributed by atoms with Crippen LogP contribution in [0, 0.1) is 16.9 Å². The van der Waals surface area contributed by atoms with E-state index in [1.807, 2.05) is 20.8 Å². The van der Waals surface area contributed by atoms with Crippen molar-refractivity contribution in [3.63, 3.8) is 0 Å². The van der Waals surface area contributed by atoms with Crippen LogP contribution < -0.4 is 5.48 Å². The van der Waals surface area contributed by atoms with Crippen LogP contribution in [-0.4, -0.2) is 21.5 Å². The monoisotopic (exact) mass is 408 g/mol. The van der Waals surface area contributed by atoms with E-state index in [0.717, 1.165) is 0 Å². The summed E-state index contributed by atoms with van der Waals surface area (Å²) in [5, 5.41) is 8.09. The average Bonchev–Trinajstić information content (AvgIpc) is 2.20. The zero-order valence-electron chi connectivity index (χ0n) is 10.1. The van der Waals surface area contributed by atoms with Crippen LogP contribution >= 0.6 is 39.7 Å². The molecule has 0 aromatic heterocycles. The molecule has 0 saturated carbocycles. The van der Waals surface area contributed by atoms with E-state index in [9.17, 15) is 4.57 Å². The van der Waals surface area contributed by atoms with Gasteiger partial charge in [0.1, 0.15) is 0 Å². The van der Waals surface area contributed by atoms with E-state index in [4.69, 9.17) is 14.9 Å². The minimum atomic E-state index is -4.28. The van der Waals surface area contributed by atoms with Gasteiger partial charge in [-0.15, -0.1) is 0 Å². The molecule has 0 aromatic carbocycles. The summed E-state index contributed by atoms with van der Waals surface area (Å²) >= 11 is 6.69. The van der Waals surface area contributed by atoms with Gasteiger partial charge < -0.3 is 9.63 Å². The number of phosphoric acid groups is 1. The van der Waals surface area contributed by atoms with E-state index in [1.54, 1.807) is 5.48 Å². The van der Waals surface area contributed by atoms with Crippen LogP contribution in [0.5, 0.6) is 0 Å². The van der Waals surface area contributed by atoms with Gasteiger partial charge in [-0.2, -0.15) is 15.4 Å². The fourth-order valence-corrected chi connectivity index (χ4v) is 1.48. The van der Waals surface area contributed by atoms with Gasteiger partial charge in [0.2, 0.25) is 6.19 Å². The fourth-order valence-electron chi connectivity index (χ4n) is 0.643. The Bertz CT molecular complexity index is 352. The van der Waals surface area contributed by atoms with Gasteiger partial charge in [0.15, 0.2) is 3.42 Å². The molecule has 0 amide bonds. The molecule has 106 valence electrons. The van der Waals surface area contributed by atoms with E-state index in [1.165, 1.54) is 6.19 Å². The van der Waals surface area contributed by atoms with E-state index in [-0.39, 0.29) is 18.6 Å². The molecule has 1 atom stereocenters. The number of hydroxylamine groups is 1. The lowest BCUT2D eigenvalue weighted by molar-refractivity contribution is 0.00588. The molecular weight excluding hydrogens is 395 g/mol. The van der Waals surface area contributed by atoms with Gasteiger partial charge in [0, 0.05) is 5.41 Å². The lowest BCUT2D eigenvalue weighted by Crippen LogP contribution is -2.34. The SMILES string of the molecule is CC(C)(C)C(Br)(Br)OCCOP(=O)(O)ONC#N. The quantitative estimate of drug-likeness (QED) is 0.166. The molecule has 0 aliphatic rings.